The Morgan fingerprint density at radius 1 is 1.04 bits per heavy atom. The van der Waals surface area contributed by atoms with Crippen LogP contribution in [0.15, 0.2) is 61.1 Å². The number of rotatable bonds is 4. The van der Waals surface area contributed by atoms with Gasteiger partial charge in [0.2, 0.25) is 0 Å². The predicted octanol–water partition coefficient (Wildman–Crippen LogP) is 3.75. The predicted molar refractivity (Wildman–Crippen MR) is 98.8 cm³/mol. The van der Waals surface area contributed by atoms with Gasteiger partial charge >= 0.3 is 0 Å². The van der Waals surface area contributed by atoms with E-state index in [2.05, 4.69) is 45.4 Å². The molecule has 4 aromatic rings. The third kappa shape index (κ3) is 3.61. The van der Waals surface area contributed by atoms with Gasteiger partial charge in [-0.05, 0) is 48.9 Å². The summed E-state index contributed by atoms with van der Waals surface area (Å²) in [5, 5.41) is 9.48. The Bertz CT molecular complexity index is 1030. The molecular formula is C20H17N5. The maximum absolute atomic E-state index is 4.66. The molecule has 0 saturated heterocycles. The fraction of sp³-hybridized carbons (Fsp3) is 0.100. The van der Waals surface area contributed by atoms with Gasteiger partial charge in [0.1, 0.15) is 5.69 Å². The maximum atomic E-state index is 4.66. The normalized spacial score (nSPS) is 11.4. The highest BCUT2D eigenvalue weighted by molar-refractivity contribution is 5.81. The standard InChI is InChI=1S/C20H17N5/c1-15-4-9-20-17(11-15)5-6-18(22-20)7-8-19-14-25(24-23-19)13-16-3-2-10-21-12-16/h2-12,14H,13H2,1H3. The lowest BCUT2D eigenvalue weighted by molar-refractivity contribution is 0.648. The Labute approximate surface area is 145 Å². The summed E-state index contributed by atoms with van der Waals surface area (Å²) in [6, 6.07) is 14.3. The van der Waals surface area contributed by atoms with Crippen LogP contribution in [0.4, 0.5) is 0 Å². The average Bonchev–Trinajstić information content (AvgIpc) is 3.08. The van der Waals surface area contributed by atoms with E-state index < -0.39 is 0 Å². The van der Waals surface area contributed by atoms with Crippen LogP contribution in [-0.2, 0) is 6.54 Å². The van der Waals surface area contributed by atoms with Gasteiger partial charge < -0.3 is 0 Å². The van der Waals surface area contributed by atoms with Crippen molar-refractivity contribution in [2.24, 2.45) is 0 Å². The molecule has 0 fully saturated rings. The molecule has 0 radical (unpaired) electrons. The molecule has 0 aliphatic rings. The molecule has 5 heteroatoms. The van der Waals surface area contributed by atoms with Crippen LogP contribution < -0.4 is 0 Å². The van der Waals surface area contributed by atoms with Crippen LogP contribution >= 0.6 is 0 Å². The molecular weight excluding hydrogens is 310 g/mol. The van der Waals surface area contributed by atoms with Gasteiger partial charge in [-0.25, -0.2) is 9.67 Å². The molecule has 1 aromatic carbocycles. The van der Waals surface area contributed by atoms with Crippen LogP contribution in [0.1, 0.15) is 22.5 Å². The van der Waals surface area contributed by atoms with Crippen molar-refractivity contribution in [3.63, 3.8) is 0 Å². The first-order valence-electron chi connectivity index (χ1n) is 8.11. The fourth-order valence-corrected chi connectivity index (χ4v) is 2.67. The van der Waals surface area contributed by atoms with Crippen LogP contribution in [0.3, 0.4) is 0 Å². The highest BCUT2D eigenvalue weighted by Gasteiger charge is 2.00. The van der Waals surface area contributed by atoms with Crippen molar-refractivity contribution in [2.75, 3.05) is 0 Å². The second kappa shape index (κ2) is 6.65. The number of hydrogen-bond donors (Lipinski definition) is 0. The quantitative estimate of drug-likeness (QED) is 0.573. The molecule has 0 bridgehead atoms. The van der Waals surface area contributed by atoms with Gasteiger partial charge in [0.05, 0.1) is 24.0 Å². The number of aromatic nitrogens is 5. The Hall–Kier alpha value is -3.34. The molecule has 25 heavy (non-hydrogen) atoms. The van der Waals surface area contributed by atoms with Crippen molar-refractivity contribution >= 4 is 23.1 Å². The Balaban J connectivity index is 1.51. The van der Waals surface area contributed by atoms with E-state index in [1.807, 2.05) is 48.8 Å². The lowest BCUT2D eigenvalue weighted by Crippen LogP contribution is -2.00. The number of benzene rings is 1. The molecule has 0 saturated carbocycles. The Morgan fingerprint density at radius 2 is 1.96 bits per heavy atom. The van der Waals surface area contributed by atoms with Gasteiger partial charge in [-0.2, -0.15) is 0 Å². The van der Waals surface area contributed by atoms with E-state index in [9.17, 15) is 0 Å². The number of fused-ring (bicyclic) bond motifs is 1. The fourth-order valence-electron chi connectivity index (χ4n) is 2.67. The van der Waals surface area contributed by atoms with Crippen LogP contribution in [0, 0.1) is 6.92 Å². The number of pyridine rings is 2. The monoisotopic (exact) mass is 327 g/mol. The van der Waals surface area contributed by atoms with Crippen molar-refractivity contribution in [2.45, 2.75) is 13.5 Å². The summed E-state index contributed by atoms with van der Waals surface area (Å²) in [5.74, 6) is 0. The first-order chi connectivity index (χ1) is 12.3. The number of nitrogens with zero attached hydrogens (tertiary/aromatic N) is 5. The van der Waals surface area contributed by atoms with Gasteiger partial charge in [-0.3, -0.25) is 4.98 Å². The van der Waals surface area contributed by atoms with E-state index in [4.69, 9.17) is 0 Å². The molecule has 0 spiro atoms. The van der Waals surface area contributed by atoms with E-state index in [0.717, 1.165) is 27.9 Å². The second-order valence-electron chi connectivity index (χ2n) is 5.97. The summed E-state index contributed by atoms with van der Waals surface area (Å²) < 4.78 is 1.80. The molecule has 3 heterocycles. The van der Waals surface area contributed by atoms with Gasteiger partial charge in [0.25, 0.3) is 0 Å². The molecule has 0 amide bonds. The highest BCUT2D eigenvalue weighted by Crippen LogP contribution is 2.15. The van der Waals surface area contributed by atoms with Crippen molar-refractivity contribution in [3.05, 3.63) is 83.6 Å². The Kier molecular flexibility index (Phi) is 4.04. The summed E-state index contributed by atoms with van der Waals surface area (Å²) in [4.78, 5) is 8.77. The molecule has 3 aromatic heterocycles. The SMILES string of the molecule is Cc1ccc2nc(C=Cc3cn(Cc4cccnc4)nn3)ccc2c1. The zero-order valence-electron chi connectivity index (χ0n) is 13.9. The minimum Gasteiger partial charge on any atom is -0.264 e. The molecule has 0 unspecified atom stereocenters. The Morgan fingerprint density at radius 3 is 2.84 bits per heavy atom. The average molecular weight is 327 g/mol. The zero-order chi connectivity index (χ0) is 17.1. The highest BCUT2D eigenvalue weighted by atomic mass is 15.4. The van der Waals surface area contributed by atoms with Crippen molar-refractivity contribution in [1.82, 2.24) is 25.0 Å². The van der Waals surface area contributed by atoms with E-state index in [1.165, 1.54) is 5.56 Å². The van der Waals surface area contributed by atoms with Crippen LogP contribution in [0.25, 0.3) is 23.1 Å². The number of hydrogen-bond acceptors (Lipinski definition) is 4. The summed E-state index contributed by atoms with van der Waals surface area (Å²) in [6.07, 6.45) is 9.38. The van der Waals surface area contributed by atoms with Crippen molar-refractivity contribution < 1.29 is 0 Å². The van der Waals surface area contributed by atoms with E-state index in [-0.39, 0.29) is 0 Å². The lowest BCUT2D eigenvalue weighted by atomic mass is 10.1. The third-order valence-electron chi connectivity index (χ3n) is 3.91. The van der Waals surface area contributed by atoms with Gasteiger partial charge in [-0.1, -0.05) is 29.0 Å². The summed E-state index contributed by atoms with van der Waals surface area (Å²) >= 11 is 0. The topological polar surface area (TPSA) is 56.5 Å². The first kappa shape index (κ1) is 15.2. The summed E-state index contributed by atoms with van der Waals surface area (Å²) in [7, 11) is 0. The molecule has 0 aliphatic carbocycles. The maximum Gasteiger partial charge on any atom is 0.105 e. The van der Waals surface area contributed by atoms with E-state index in [1.54, 1.807) is 10.9 Å². The lowest BCUT2D eigenvalue weighted by Gasteiger charge is -2.00. The second-order valence-corrected chi connectivity index (χ2v) is 5.97. The van der Waals surface area contributed by atoms with Crippen LogP contribution in [-0.4, -0.2) is 25.0 Å². The van der Waals surface area contributed by atoms with Gasteiger partial charge in [0.15, 0.2) is 0 Å². The smallest absolute Gasteiger partial charge is 0.105 e. The number of aryl methyl sites for hydroxylation is 1. The third-order valence-corrected chi connectivity index (χ3v) is 3.91. The molecule has 0 N–H and O–H groups in total. The van der Waals surface area contributed by atoms with E-state index >= 15 is 0 Å². The minimum absolute atomic E-state index is 0.655. The van der Waals surface area contributed by atoms with E-state index in [0.29, 0.717) is 6.54 Å². The van der Waals surface area contributed by atoms with Gasteiger partial charge in [-0.15, -0.1) is 5.10 Å². The van der Waals surface area contributed by atoms with Crippen molar-refractivity contribution in [3.8, 4) is 0 Å². The van der Waals surface area contributed by atoms with Crippen LogP contribution in [0.5, 0.6) is 0 Å². The molecule has 4 rings (SSSR count). The molecule has 0 aliphatic heterocycles. The molecule has 122 valence electrons. The molecule has 0 atom stereocenters. The van der Waals surface area contributed by atoms with Crippen LogP contribution in [0.2, 0.25) is 0 Å². The summed E-state index contributed by atoms with van der Waals surface area (Å²) in [5.41, 5.74) is 5.03. The largest absolute Gasteiger partial charge is 0.264 e. The minimum atomic E-state index is 0.655. The zero-order valence-corrected chi connectivity index (χ0v) is 13.9. The molecule has 5 nitrogen and oxygen atoms in total. The van der Waals surface area contributed by atoms with Gasteiger partial charge in [0, 0.05) is 17.8 Å². The first-order valence-corrected chi connectivity index (χ1v) is 8.11. The summed E-state index contributed by atoms with van der Waals surface area (Å²) in [6.45, 7) is 2.74. The van der Waals surface area contributed by atoms with Crippen molar-refractivity contribution in [1.29, 1.82) is 0 Å².